The monoisotopic (exact) mass is 1820 g/mol. The minimum absolute atomic E-state index is 0.179. The van der Waals surface area contributed by atoms with Crippen LogP contribution >= 0.6 is 58.2 Å². The molecule has 12 aromatic rings. The van der Waals surface area contributed by atoms with E-state index in [1.54, 1.807) is 48.5 Å². The number of anilines is 4. The van der Waals surface area contributed by atoms with Gasteiger partial charge in [0, 0.05) is 146 Å². The highest BCUT2D eigenvalue weighted by atomic mass is 35.5. The van der Waals surface area contributed by atoms with Gasteiger partial charge in [-0.2, -0.15) is 11.8 Å². The number of rotatable bonds is 24. The smallest absolute Gasteiger partial charge is 0.257 e. The summed E-state index contributed by atoms with van der Waals surface area (Å²) in [6, 6.07) is 77.1. The van der Waals surface area contributed by atoms with Gasteiger partial charge in [0.15, 0.2) is 0 Å². The van der Waals surface area contributed by atoms with Crippen molar-refractivity contribution in [3.8, 4) is 0 Å². The first-order valence-corrected chi connectivity index (χ1v) is 46.6. The van der Waals surface area contributed by atoms with Gasteiger partial charge in [0.25, 0.3) is 23.6 Å². The van der Waals surface area contributed by atoms with E-state index in [2.05, 4.69) is 115 Å². The number of pyridine rings is 4. The van der Waals surface area contributed by atoms with E-state index in [0.29, 0.717) is 89.0 Å². The minimum atomic E-state index is -0.185. The zero-order valence-electron chi connectivity index (χ0n) is 72.1. The zero-order chi connectivity index (χ0) is 90.1. The molecule has 0 atom stereocenters. The Kier molecular flexibility index (Phi) is 35.5. The third-order valence-corrected chi connectivity index (χ3v) is 24.8. The van der Waals surface area contributed by atoms with Gasteiger partial charge < -0.3 is 46.2 Å². The first kappa shape index (κ1) is 94.2. The summed E-state index contributed by atoms with van der Waals surface area (Å²) in [5.74, 6) is 5.76. The summed E-state index contributed by atoms with van der Waals surface area (Å²) in [6.07, 6.45) is 20.8. The molecule has 4 aromatic heterocycles. The molecule has 129 heavy (non-hydrogen) atoms. The van der Waals surface area contributed by atoms with Gasteiger partial charge in [0.2, 0.25) is 0 Å². The second-order valence-corrected chi connectivity index (χ2v) is 34.8. The molecule has 4 saturated heterocycles. The number of carbonyl (C=O) groups is 4. The van der Waals surface area contributed by atoms with E-state index in [9.17, 15) is 19.2 Å². The zero-order valence-corrected chi connectivity index (χ0v) is 76.0. The third kappa shape index (κ3) is 28.5. The second kappa shape index (κ2) is 48.7. The van der Waals surface area contributed by atoms with Crippen LogP contribution in [0.25, 0.3) is 0 Å². The molecule has 8 aromatic carbocycles. The molecule has 0 saturated carbocycles. The van der Waals surface area contributed by atoms with E-state index in [0.717, 1.165) is 173 Å². The van der Waals surface area contributed by atoms with E-state index in [-0.39, 0.29) is 23.6 Å². The Bertz CT molecular complexity index is 5320. The largest absolute Gasteiger partial charge is 0.357 e. The van der Waals surface area contributed by atoms with Gasteiger partial charge >= 0.3 is 0 Å². The molecular formula is C103H107Cl4N17O4S. The number of carbonyl (C=O) groups excluding carboxylic acids is 4. The molecule has 4 aliphatic heterocycles. The van der Waals surface area contributed by atoms with Crippen LogP contribution in [0.5, 0.6) is 0 Å². The van der Waals surface area contributed by atoms with Gasteiger partial charge in [-0.3, -0.25) is 40.8 Å². The number of halogens is 4. The molecule has 16 rings (SSSR count). The molecule has 9 N–H and O–H groups in total. The summed E-state index contributed by atoms with van der Waals surface area (Å²) >= 11 is 25.4. The number of thioether (sulfide) groups is 1. The van der Waals surface area contributed by atoms with Gasteiger partial charge in [-0.05, 0) is 201 Å². The molecule has 0 radical (unpaired) electrons. The Morgan fingerprint density at radius 2 is 0.519 bits per heavy atom. The number of aromatic nitrogens is 4. The summed E-state index contributed by atoms with van der Waals surface area (Å²) < 4.78 is 0. The molecule has 0 bridgehead atoms. The fourth-order valence-corrected chi connectivity index (χ4v) is 17.0. The molecule has 8 heterocycles. The van der Waals surface area contributed by atoms with Crippen molar-refractivity contribution in [3.05, 3.63) is 377 Å². The number of piperazine rings is 1. The standard InChI is InChI=1S/C27H29ClN4O.C26H27ClN4O.C25H26ClN5O.C25H25ClN4OS/c28-23-15-16-25(30-19-23)31-27(33)24-8-4-3-7-21(24)12-9-20-10-13-22(14-11-20)26(29)32-17-5-1-2-6-18-32;27-22-14-15-24(29-18-22)30-26(32)23-7-3-2-6-20(23)11-8-19-9-12-21(13-10-19)25(28)31-16-4-1-5-17-31;26-21-11-12-23(29-17-21)30-25(32)22-4-2-1-3-19(22)8-5-18-6-9-20(10-7-18)24(27)31-15-13-28-14-16-31;26-21-11-12-23(28-17-21)29-25(31)22-4-2-1-3-19(22)8-5-18-6-9-20(10-7-18)24(27)30-13-15-32-16-14-30/h3-4,7-8,10-11,13-16,19,29H,1-2,5-6,9,12,17-18H2,(H,30,31,33);2-3,6-7,9-10,12-15,18,28H,1,4-5,8,11,16-17H2,(H,29,30,32);1-4,6-7,9-12,17,27-28H,5,8,13-16H2,(H,29,30,32);1-4,6-7,9-12,17,27H,5,8,13-16H2,(H,28,29,31). The van der Waals surface area contributed by atoms with Crippen LogP contribution < -0.4 is 26.6 Å². The summed E-state index contributed by atoms with van der Waals surface area (Å²) in [5.41, 5.74) is 15.1. The van der Waals surface area contributed by atoms with Crippen LogP contribution in [-0.4, -0.2) is 163 Å². The Hall–Kier alpha value is -12.4. The average Bonchev–Trinajstić information content (AvgIpc) is 0.895. The average molecular weight is 1820 g/mol. The van der Waals surface area contributed by atoms with Crippen LogP contribution in [-0.2, 0) is 51.4 Å². The predicted molar refractivity (Wildman–Crippen MR) is 526 cm³/mol. The first-order chi connectivity index (χ1) is 62.9. The fraction of sp³-hybridized carbons (Fsp3) is 0.262. The number of nitrogens with one attached hydrogen (secondary N) is 9. The lowest BCUT2D eigenvalue weighted by atomic mass is 9.98. The number of hydrogen-bond donors (Lipinski definition) is 9. The number of benzene rings is 8. The molecule has 4 aliphatic rings. The van der Waals surface area contributed by atoms with Crippen molar-refractivity contribution >= 4 is 128 Å². The van der Waals surface area contributed by atoms with Crippen molar-refractivity contribution in [2.45, 2.75) is 96.3 Å². The molecule has 4 amide bonds. The van der Waals surface area contributed by atoms with Crippen LogP contribution in [0.3, 0.4) is 0 Å². The number of amidine groups is 4. The van der Waals surface area contributed by atoms with Crippen molar-refractivity contribution in [1.82, 2.24) is 44.9 Å². The number of hydrogen-bond acceptors (Lipinski definition) is 14. The number of aryl methyl sites for hydroxylation is 8. The Morgan fingerprint density at radius 3 is 0.767 bits per heavy atom. The number of likely N-dealkylation sites (tertiary alicyclic amines) is 2. The van der Waals surface area contributed by atoms with E-state index in [1.165, 1.54) is 92.0 Å². The van der Waals surface area contributed by atoms with Gasteiger partial charge in [-0.25, -0.2) is 19.9 Å². The number of nitrogens with zero attached hydrogens (tertiary/aromatic N) is 8. The Morgan fingerprint density at radius 1 is 0.287 bits per heavy atom. The lowest BCUT2D eigenvalue weighted by Gasteiger charge is -2.29. The summed E-state index contributed by atoms with van der Waals surface area (Å²) in [4.78, 5) is 76.4. The van der Waals surface area contributed by atoms with Gasteiger partial charge in [-0.1, -0.05) is 229 Å². The maximum Gasteiger partial charge on any atom is 0.257 e. The van der Waals surface area contributed by atoms with Crippen molar-refractivity contribution in [1.29, 1.82) is 21.6 Å². The maximum atomic E-state index is 12.8. The van der Waals surface area contributed by atoms with Gasteiger partial charge in [0.05, 0.1) is 20.1 Å². The summed E-state index contributed by atoms with van der Waals surface area (Å²) in [6.45, 7) is 9.36. The summed E-state index contributed by atoms with van der Waals surface area (Å²) in [5, 5.41) is 50.8. The van der Waals surface area contributed by atoms with Gasteiger partial charge in [0.1, 0.15) is 46.6 Å². The predicted octanol–water partition coefficient (Wildman–Crippen LogP) is 20.7. The summed E-state index contributed by atoms with van der Waals surface area (Å²) in [7, 11) is 0. The second-order valence-electron chi connectivity index (χ2n) is 31.9. The Labute approximate surface area is 779 Å². The van der Waals surface area contributed by atoms with E-state index < -0.39 is 0 Å². The van der Waals surface area contributed by atoms with Crippen molar-refractivity contribution < 1.29 is 19.2 Å². The van der Waals surface area contributed by atoms with Crippen molar-refractivity contribution in [3.63, 3.8) is 0 Å². The molecule has 0 spiro atoms. The molecule has 4 fully saturated rings. The van der Waals surface area contributed by atoms with Crippen LogP contribution in [0, 0.1) is 21.6 Å². The lowest BCUT2D eigenvalue weighted by molar-refractivity contribution is 0.101. The maximum absolute atomic E-state index is 12.8. The van der Waals surface area contributed by atoms with Crippen LogP contribution in [0.1, 0.15) is 153 Å². The number of amides is 4. The van der Waals surface area contributed by atoms with E-state index >= 15 is 0 Å². The number of piperidine rings is 1. The van der Waals surface area contributed by atoms with E-state index in [4.69, 9.17) is 68.0 Å². The van der Waals surface area contributed by atoms with Crippen LogP contribution in [0.2, 0.25) is 20.1 Å². The van der Waals surface area contributed by atoms with E-state index in [1.807, 2.05) is 157 Å². The molecule has 21 nitrogen and oxygen atoms in total. The lowest BCUT2D eigenvalue weighted by Crippen LogP contribution is -2.46. The molecule has 26 heteroatoms. The topological polar surface area (TPSA) is 288 Å². The molecule has 0 unspecified atom stereocenters. The van der Waals surface area contributed by atoms with Crippen LogP contribution in [0.4, 0.5) is 23.3 Å². The third-order valence-electron chi connectivity index (χ3n) is 22.9. The van der Waals surface area contributed by atoms with Crippen molar-refractivity contribution in [2.24, 2.45) is 0 Å². The molecular weight excluding hydrogens is 1710 g/mol. The highest BCUT2D eigenvalue weighted by Crippen LogP contribution is 2.26. The minimum Gasteiger partial charge on any atom is -0.357 e. The fourth-order valence-electron chi connectivity index (χ4n) is 15.6. The SMILES string of the molecule is N=C(c1ccc(CCc2ccccc2C(=O)Nc2ccc(Cl)cn2)cc1)N1CCCCC1.N=C(c1ccc(CCc2ccccc2C(=O)Nc2ccc(Cl)cn2)cc1)N1CCCCCC1.N=C(c1ccc(CCc2ccccc2C(=O)Nc2ccc(Cl)cn2)cc1)N1CCNCC1.N=C(c1ccc(CCc2ccccc2C(=O)Nc2ccc(Cl)cn2)cc1)N1CCSCC1. The van der Waals surface area contributed by atoms with Crippen LogP contribution in [0.15, 0.2) is 267 Å². The normalized spacial score (nSPS) is 13.7. The quantitative estimate of drug-likeness (QED) is 0.0201. The Balaban J connectivity index is 0.000000147. The first-order valence-electron chi connectivity index (χ1n) is 43.9. The van der Waals surface area contributed by atoms with Crippen molar-refractivity contribution in [2.75, 3.05) is 98.2 Å². The van der Waals surface area contributed by atoms with Gasteiger partial charge in [-0.15, -0.1) is 0 Å². The molecule has 0 aliphatic carbocycles. The highest BCUT2D eigenvalue weighted by Gasteiger charge is 2.23. The molecule has 662 valence electrons. The highest BCUT2D eigenvalue weighted by molar-refractivity contribution is 7.99.